The molecule has 0 spiro atoms. The lowest BCUT2D eigenvalue weighted by molar-refractivity contribution is 0.143. The van der Waals surface area contributed by atoms with Crippen molar-refractivity contribution >= 4 is 36.2 Å². The molecule has 1 fully saturated rings. The zero-order valence-corrected chi connectivity index (χ0v) is 14.1. The van der Waals surface area contributed by atoms with Crippen LogP contribution in [0.15, 0.2) is 5.38 Å². The van der Waals surface area contributed by atoms with Crippen LogP contribution in [0, 0.1) is 0 Å². The molecule has 1 aromatic rings. The molecule has 0 aliphatic carbocycles. The molecule has 0 aromatic carbocycles. The van der Waals surface area contributed by atoms with Crippen molar-refractivity contribution in [1.29, 1.82) is 0 Å². The van der Waals surface area contributed by atoms with E-state index in [0.717, 1.165) is 13.1 Å². The molecule has 2 rings (SSSR count). The molecule has 1 aliphatic heterocycles. The van der Waals surface area contributed by atoms with E-state index in [4.69, 9.17) is 10.7 Å². The number of aromatic nitrogens is 1. The Kier molecular flexibility index (Phi) is 9.20. The summed E-state index contributed by atoms with van der Waals surface area (Å²) in [7, 11) is 0. The first-order chi connectivity index (χ1) is 8.20. The number of thiazole rings is 1. The SMILES string of the molecule is CC(C)c1nc(CN2CCCCC2CN)cs1.Cl.Cl. The largest absolute Gasteiger partial charge is 0.329 e. The first-order valence-electron chi connectivity index (χ1n) is 6.59. The number of nitrogens with zero attached hydrogens (tertiary/aromatic N) is 2. The molecule has 2 N–H and O–H groups in total. The van der Waals surface area contributed by atoms with Crippen LogP contribution in [0.2, 0.25) is 0 Å². The van der Waals surface area contributed by atoms with Gasteiger partial charge in [0.25, 0.3) is 0 Å². The van der Waals surface area contributed by atoms with Gasteiger partial charge in [-0.05, 0) is 19.4 Å². The summed E-state index contributed by atoms with van der Waals surface area (Å²) >= 11 is 1.79. The molecule has 1 saturated heterocycles. The third-order valence-electron chi connectivity index (χ3n) is 3.45. The van der Waals surface area contributed by atoms with Crippen LogP contribution in [0.5, 0.6) is 0 Å². The second-order valence-corrected chi connectivity index (χ2v) is 6.08. The molecule has 3 nitrogen and oxygen atoms in total. The minimum absolute atomic E-state index is 0. The van der Waals surface area contributed by atoms with Gasteiger partial charge in [0.15, 0.2) is 0 Å². The standard InChI is InChI=1S/C13H23N3S.2ClH/c1-10(2)13-15-11(9-17-13)8-16-6-4-3-5-12(16)7-14;;/h9-10,12H,3-8,14H2,1-2H3;2*1H. The zero-order chi connectivity index (χ0) is 12.3. The summed E-state index contributed by atoms with van der Waals surface area (Å²) < 4.78 is 0. The lowest BCUT2D eigenvalue weighted by atomic mass is 10.0. The van der Waals surface area contributed by atoms with E-state index in [1.165, 1.54) is 36.5 Å². The summed E-state index contributed by atoms with van der Waals surface area (Å²) in [6, 6.07) is 0.563. The van der Waals surface area contributed by atoms with E-state index in [0.29, 0.717) is 12.0 Å². The highest BCUT2D eigenvalue weighted by Crippen LogP contribution is 2.23. The third-order valence-corrected chi connectivity index (χ3v) is 4.64. The lowest BCUT2D eigenvalue weighted by Gasteiger charge is -2.34. The highest BCUT2D eigenvalue weighted by Gasteiger charge is 2.21. The monoisotopic (exact) mass is 325 g/mol. The quantitative estimate of drug-likeness (QED) is 0.922. The molecule has 19 heavy (non-hydrogen) atoms. The molecule has 0 bridgehead atoms. The fraction of sp³-hybridized carbons (Fsp3) is 0.769. The molecular formula is C13H25Cl2N3S. The topological polar surface area (TPSA) is 42.2 Å². The summed E-state index contributed by atoms with van der Waals surface area (Å²) in [4.78, 5) is 7.21. The summed E-state index contributed by atoms with van der Waals surface area (Å²) in [5.74, 6) is 0.542. The van der Waals surface area contributed by atoms with Gasteiger partial charge in [-0.3, -0.25) is 4.90 Å². The van der Waals surface area contributed by atoms with Crippen molar-refractivity contribution in [2.45, 2.75) is 51.6 Å². The molecule has 0 saturated carbocycles. The van der Waals surface area contributed by atoms with Crippen LogP contribution in [-0.2, 0) is 6.54 Å². The maximum absolute atomic E-state index is 5.84. The molecule has 1 aromatic heterocycles. The number of halogens is 2. The van der Waals surface area contributed by atoms with Crippen LogP contribution >= 0.6 is 36.2 Å². The van der Waals surface area contributed by atoms with Gasteiger partial charge in [0, 0.05) is 30.4 Å². The normalized spacial score (nSPS) is 19.9. The van der Waals surface area contributed by atoms with E-state index in [-0.39, 0.29) is 24.8 Å². The van der Waals surface area contributed by atoms with Gasteiger partial charge < -0.3 is 5.73 Å². The fourth-order valence-corrected chi connectivity index (χ4v) is 3.23. The number of hydrogen-bond acceptors (Lipinski definition) is 4. The molecule has 0 radical (unpaired) electrons. The predicted molar refractivity (Wildman–Crippen MR) is 87.8 cm³/mol. The molecular weight excluding hydrogens is 301 g/mol. The highest BCUT2D eigenvalue weighted by atomic mass is 35.5. The molecule has 1 unspecified atom stereocenters. The van der Waals surface area contributed by atoms with Gasteiger partial charge in [0.1, 0.15) is 0 Å². The Morgan fingerprint density at radius 3 is 2.74 bits per heavy atom. The van der Waals surface area contributed by atoms with Gasteiger partial charge in [-0.25, -0.2) is 4.98 Å². The molecule has 1 atom stereocenters. The van der Waals surface area contributed by atoms with E-state index in [1.807, 2.05) is 0 Å². The maximum atomic E-state index is 5.84. The second kappa shape index (κ2) is 9.14. The van der Waals surface area contributed by atoms with Gasteiger partial charge in [0.05, 0.1) is 10.7 Å². The zero-order valence-electron chi connectivity index (χ0n) is 11.7. The van der Waals surface area contributed by atoms with Gasteiger partial charge in [0.2, 0.25) is 0 Å². The lowest BCUT2D eigenvalue weighted by Crippen LogP contribution is -2.43. The molecule has 1 aliphatic rings. The molecule has 6 heteroatoms. The number of piperidine rings is 1. The molecule has 2 heterocycles. The smallest absolute Gasteiger partial charge is 0.0954 e. The van der Waals surface area contributed by atoms with Gasteiger partial charge in [-0.2, -0.15) is 0 Å². The van der Waals surface area contributed by atoms with Crippen molar-refractivity contribution in [3.05, 3.63) is 16.1 Å². The number of hydrogen-bond donors (Lipinski definition) is 1. The maximum Gasteiger partial charge on any atom is 0.0954 e. The van der Waals surface area contributed by atoms with Gasteiger partial charge in [-0.15, -0.1) is 36.2 Å². The van der Waals surface area contributed by atoms with E-state index >= 15 is 0 Å². The summed E-state index contributed by atoms with van der Waals surface area (Å²) in [6.45, 7) is 7.33. The van der Waals surface area contributed by atoms with Gasteiger partial charge >= 0.3 is 0 Å². The summed E-state index contributed by atoms with van der Waals surface area (Å²) in [6.07, 6.45) is 3.88. The van der Waals surface area contributed by atoms with Crippen LogP contribution < -0.4 is 5.73 Å². The van der Waals surface area contributed by atoms with Crippen molar-refractivity contribution in [3.63, 3.8) is 0 Å². The Hall–Kier alpha value is 0.130. The average Bonchev–Trinajstić information content (AvgIpc) is 2.78. The Labute approximate surface area is 132 Å². The molecule has 112 valence electrons. The number of likely N-dealkylation sites (tertiary alicyclic amines) is 1. The molecule has 0 amide bonds. The van der Waals surface area contributed by atoms with E-state index < -0.39 is 0 Å². The predicted octanol–water partition coefficient (Wildman–Crippen LogP) is 3.42. The number of rotatable bonds is 4. The highest BCUT2D eigenvalue weighted by molar-refractivity contribution is 7.09. The summed E-state index contributed by atoms with van der Waals surface area (Å²) in [5.41, 5.74) is 7.06. The Morgan fingerprint density at radius 2 is 2.16 bits per heavy atom. The van der Waals surface area contributed by atoms with Crippen molar-refractivity contribution in [1.82, 2.24) is 9.88 Å². The second-order valence-electron chi connectivity index (χ2n) is 5.19. The van der Waals surface area contributed by atoms with Crippen LogP contribution in [0.25, 0.3) is 0 Å². The van der Waals surface area contributed by atoms with Crippen molar-refractivity contribution in [2.24, 2.45) is 5.73 Å². The Balaban J connectivity index is 0.00000162. The van der Waals surface area contributed by atoms with Gasteiger partial charge in [-0.1, -0.05) is 20.3 Å². The van der Waals surface area contributed by atoms with Crippen LogP contribution in [0.1, 0.15) is 49.7 Å². The fourth-order valence-electron chi connectivity index (χ4n) is 2.40. The minimum Gasteiger partial charge on any atom is -0.329 e. The first kappa shape index (κ1) is 19.1. The van der Waals surface area contributed by atoms with Crippen LogP contribution in [0.4, 0.5) is 0 Å². The minimum atomic E-state index is 0. The van der Waals surface area contributed by atoms with Crippen LogP contribution in [-0.4, -0.2) is 29.0 Å². The summed E-state index contributed by atoms with van der Waals surface area (Å²) in [5, 5.41) is 3.46. The van der Waals surface area contributed by atoms with Crippen molar-refractivity contribution < 1.29 is 0 Å². The van der Waals surface area contributed by atoms with E-state index in [2.05, 4.69) is 24.1 Å². The first-order valence-corrected chi connectivity index (χ1v) is 7.47. The average molecular weight is 326 g/mol. The van der Waals surface area contributed by atoms with E-state index in [1.54, 1.807) is 11.3 Å². The Morgan fingerprint density at radius 1 is 1.42 bits per heavy atom. The van der Waals surface area contributed by atoms with Crippen LogP contribution in [0.3, 0.4) is 0 Å². The van der Waals surface area contributed by atoms with E-state index in [9.17, 15) is 0 Å². The van der Waals surface area contributed by atoms with Crippen molar-refractivity contribution in [2.75, 3.05) is 13.1 Å². The Bertz CT molecular complexity index is 357. The van der Waals surface area contributed by atoms with Crippen molar-refractivity contribution in [3.8, 4) is 0 Å². The number of nitrogens with two attached hydrogens (primary N) is 1. The third kappa shape index (κ3) is 5.20.